The molecule has 0 saturated heterocycles. The van der Waals surface area contributed by atoms with Gasteiger partial charge in [0.05, 0.1) is 10.2 Å². The summed E-state index contributed by atoms with van der Waals surface area (Å²) in [6.07, 6.45) is 0.663. The second kappa shape index (κ2) is 5.94. The molecule has 0 amide bonds. The number of hydrogen-bond donors (Lipinski definition) is 2. The van der Waals surface area contributed by atoms with Crippen LogP contribution in [-0.2, 0) is 6.54 Å². The van der Waals surface area contributed by atoms with E-state index in [2.05, 4.69) is 22.7 Å². The summed E-state index contributed by atoms with van der Waals surface area (Å²) in [7, 11) is 0. The number of hydrogen-bond acceptors (Lipinski definition) is 4. The number of thiazole rings is 1. The quantitative estimate of drug-likeness (QED) is 0.511. The fourth-order valence-corrected chi connectivity index (χ4v) is 2.67. The number of nitrogens with two attached hydrogens (primary N) is 1. The van der Waals surface area contributed by atoms with E-state index in [0.29, 0.717) is 13.0 Å². The average molecular weight is 294 g/mol. The Kier molecular flexibility index (Phi) is 4.28. The number of nitrogens with zero attached hydrogens (tertiary/aromatic N) is 2. The van der Waals surface area contributed by atoms with Gasteiger partial charge in [0.15, 0.2) is 5.11 Å². The molecule has 0 radical (unpaired) electrons. The lowest BCUT2D eigenvalue weighted by atomic mass is 10.3. The van der Waals surface area contributed by atoms with Gasteiger partial charge in [0.2, 0.25) is 0 Å². The molecule has 0 atom stereocenters. The third-order valence-electron chi connectivity index (χ3n) is 2.63. The van der Waals surface area contributed by atoms with Crippen LogP contribution in [0.3, 0.4) is 0 Å². The standard InChI is InChI=1S/C12H14N4OS2/c1-8(14-15-11(13)18)6-7-16-9-4-2-3-5-10(9)19-12(16)17/h2-5H,6-7H2,1H3,(H3,13,15,18)/b14-8+. The van der Waals surface area contributed by atoms with Gasteiger partial charge in [-0.05, 0) is 31.3 Å². The first-order chi connectivity index (χ1) is 9.08. The van der Waals surface area contributed by atoms with Gasteiger partial charge in [-0.1, -0.05) is 23.5 Å². The lowest BCUT2D eigenvalue weighted by Gasteiger charge is -2.04. The molecular weight excluding hydrogens is 280 g/mol. The van der Waals surface area contributed by atoms with Gasteiger partial charge in [-0.2, -0.15) is 5.10 Å². The minimum Gasteiger partial charge on any atom is -0.375 e. The third-order valence-corrected chi connectivity index (χ3v) is 3.68. The lowest BCUT2D eigenvalue weighted by Crippen LogP contribution is -2.25. The number of fused-ring (bicyclic) bond motifs is 1. The Morgan fingerprint density at radius 1 is 1.53 bits per heavy atom. The summed E-state index contributed by atoms with van der Waals surface area (Å²) in [5.41, 5.74) is 9.64. The zero-order valence-electron chi connectivity index (χ0n) is 10.4. The van der Waals surface area contributed by atoms with Crippen LogP contribution in [0, 0.1) is 0 Å². The smallest absolute Gasteiger partial charge is 0.308 e. The van der Waals surface area contributed by atoms with Crippen molar-refractivity contribution in [1.82, 2.24) is 9.99 Å². The molecule has 2 aromatic rings. The van der Waals surface area contributed by atoms with Crippen molar-refractivity contribution in [3.05, 3.63) is 33.9 Å². The van der Waals surface area contributed by atoms with Crippen LogP contribution in [0.1, 0.15) is 13.3 Å². The second-order valence-electron chi connectivity index (χ2n) is 4.06. The summed E-state index contributed by atoms with van der Waals surface area (Å²) in [6.45, 7) is 2.46. The molecule has 0 aliphatic rings. The van der Waals surface area contributed by atoms with Crippen molar-refractivity contribution in [3.8, 4) is 0 Å². The Morgan fingerprint density at radius 3 is 3.00 bits per heavy atom. The van der Waals surface area contributed by atoms with E-state index in [1.54, 1.807) is 4.57 Å². The average Bonchev–Trinajstić information content (AvgIpc) is 2.69. The van der Waals surface area contributed by atoms with Gasteiger partial charge < -0.3 is 5.73 Å². The molecule has 0 bridgehead atoms. The van der Waals surface area contributed by atoms with Crippen molar-refractivity contribution >= 4 is 44.6 Å². The maximum absolute atomic E-state index is 11.9. The molecule has 100 valence electrons. The van der Waals surface area contributed by atoms with Crippen molar-refractivity contribution in [2.75, 3.05) is 0 Å². The predicted molar refractivity (Wildman–Crippen MR) is 83.7 cm³/mol. The van der Waals surface area contributed by atoms with Gasteiger partial charge in [-0.25, -0.2) is 0 Å². The first-order valence-electron chi connectivity index (χ1n) is 5.75. The van der Waals surface area contributed by atoms with Crippen LogP contribution in [0.5, 0.6) is 0 Å². The number of para-hydroxylation sites is 1. The van der Waals surface area contributed by atoms with Gasteiger partial charge in [0, 0.05) is 18.7 Å². The zero-order valence-corrected chi connectivity index (χ0v) is 12.1. The number of rotatable bonds is 4. The Labute approximate surface area is 119 Å². The highest BCUT2D eigenvalue weighted by Crippen LogP contribution is 2.16. The molecule has 19 heavy (non-hydrogen) atoms. The minimum atomic E-state index is 0.0521. The van der Waals surface area contributed by atoms with Crippen molar-refractivity contribution < 1.29 is 0 Å². The van der Waals surface area contributed by atoms with Gasteiger partial charge in [0.25, 0.3) is 0 Å². The zero-order chi connectivity index (χ0) is 13.8. The van der Waals surface area contributed by atoms with E-state index in [4.69, 9.17) is 5.73 Å². The molecule has 1 aromatic carbocycles. The van der Waals surface area contributed by atoms with Gasteiger partial charge in [-0.3, -0.25) is 14.8 Å². The van der Waals surface area contributed by atoms with Crippen LogP contribution in [0.2, 0.25) is 0 Å². The molecule has 7 heteroatoms. The Hall–Kier alpha value is -1.73. The molecule has 0 spiro atoms. The number of hydrazone groups is 1. The fourth-order valence-electron chi connectivity index (χ4n) is 1.71. The third kappa shape index (κ3) is 3.39. The molecule has 3 N–H and O–H groups in total. The van der Waals surface area contributed by atoms with Gasteiger partial charge >= 0.3 is 4.87 Å². The number of aromatic nitrogens is 1. The van der Waals surface area contributed by atoms with Gasteiger partial charge in [-0.15, -0.1) is 0 Å². The number of nitrogens with one attached hydrogen (secondary N) is 1. The molecule has 0 saturated carbocycles. The van der Waals surface area contributed by atoms with Crippen molar-refractivity contribution in [2.24, 2.45) is 10.8 Å². The summed E-state index contributed by atoms with van der Waals surface area (Å²) in [6, 6.07) is 7.77. The summed E-state index contributed by atoms with van der Waals surface area (Å²) in [5.74, 6) is 0. The first-order valence-corrected chi connectivity index (χ1v) is 6.97. The highest BCUT2D eigenvalue weighted by Gasteiger charge is 2.06. The van der Waals surface area contributed by atoms with Crippen LogP contribution in [0.25, 0.3) is 10.2 Å². The van der Waals surface area contributed by atoms with E-state index in [-0.39, 0.29) is 9.99 Å². The monoisotopic (exact) mass is 294 g/mol. The van der Waals surface area contributed by atoms with Crippen molar-refractivity contribution in [2.45, 2.75) is 19.9 Å². The van der Waals surface area contributed by atoms with Crippen molar-refractivity contribution in [1.29, 1.82) is 0 Å². The molecule has 2 rings (SSSR count). The highest BCUT2D eigenvalue weighted by atomic mass is 32.1. The van der Waals surface area contributed by atoms with Crippen molar-refractivity contribution in [3.63, 3.8) is 0 Å². The van der Waals surface area contributed by atoms with Crippen LogP contribution in [0.4, 0.5) is 0 Å². The van der Waals surface area contributed by atoms with E-state index in [0.717, 1.165) is 15.9 Å². The molecule has 5 nitrogen and oxygen atoms in total. The van der Waals surface area contributed by atoms with Crippen LogP contribution in [-0.4, -0.2) is 15.4 Å². The number of benzene rings is 1. The minimum absolute atomic E-state index is 0.0521. The number of thiocarbonyl (C=S) groups is 1. The fraction of sp³-hybridized carbons (Fsp3) is 0.250. The van der Waals surface area contributed by atoms with E-state index in [1.807, 2.05) is 31.2 Å². The normalized spacial score (nSPS) is 11.7. The highest BCUT2D eigenvalue weighted by molar-refractivity contribution is 7.80. The molecular formula is C12H14N4OS2. The maximum Gasteiger partial charge on any atom is 0.308 e. The number of aryl methyl sites for hydroxylation is 1. The largest absolute Gasteiger partial charge is 0.375 e. The molecule has 0 fully saturated rings. The SMILES string of the molecule is C/C(CCn1c(=O)sc2ccccc21)=N\NC(N)=S. The Balaban J connectivity index is 2.14. The first kappa shape index (κ1) is 13.7. The van der Waals surface area contributed by atoms with Crippen LogP contribution in [0.15, 0.2) is 34.2 Å². The summed E-state index contributed by atoms with van der Waals surface area (Å²) >= 11 is 5.93. The summed E-state index contributed by atoms with van der Waals surface area (Å²) in [4.78, 5) is 12.0. The Bertz CT molecular complexity index is 686. The topological polar surface area (TPSA) is 72.4 Å². The Morgan fingerprint density at radius 2 is 2.26 bits per heavy atom. The summed E-state index contributed by atoms with van der Waals surface area (Å²) in [5, 5.41) is 4.16. The van der Waals surface area contributed by atoms with E-state index >= 15 is 0 Å². The van der Waals surface area contributed by atoms with E-state index in [1.165, 1.54) is 11.3 Å². The second-order valence-corrected chi connectivity index (χ2v) is 5.49. The molecule has 1 heterocycles. The maximum atomic E-state index is 11.9. The lowest BCUT2D eigenvalue weighted by molar-refractivity contribution is 0.734. The summed E-state index contributed by atoms with van der Waals surface area (Å²) < 4.78 is 2.77. The molecule has 1 aromatic heterocycles. The van der Waals surface area contributed by atoms with Crippen LogP contribution >= 0.6 is 23.6 Å². The molecule has 0 unspecified atom stereocenters. The van der Waals surface area contributed by atoms with Crippen LogP contribution < -0.4 is 16.0 Å². The predicted octanol–water partition coefficient (Wildman–Crippen LogP) is 1.66. The van der Waals surface area contributed by atoms with E-state index < -0.39 is 0 Å². The molecule has 0 aliphatic heterocycles. The van der Waals surface area contributed by atoms with Gasteiger partial charge in [0.1, 0.15) is 0 Å². The molecule has 0 aliphatic carbocycles. The van der Waals surface area contributed by atoms with E-state index in [9.17, 15) is 4.79 Å².